The minimum atomic E-state index is 0.468. The molecule has 0 amide bonds. The molecule has 0 aromatic carbocycles. The molecule has 0 saturated carbocycles. The molecule has 0 fully saturated rings. The highest BCUT2D eigenvalue weighted by Gasteiger charge is 2.13. The van der Waals surface area contributed by atoms with Crippen LogP contribution in [0.1, 0.15) is 29.2 Å². The number of aryl methyl sites for hydroxylation is 1. The molecule has 0 spiro atoms. The van der Waals surface area contributed by atoms with Gasteiger partial charge in [-0.05, 0) is 36.3 Å². The molecule has 1 nitrogen and oxygen atoms in total. The Morgan fingerprint density at radius 3 is 3.31 bits per heavy atom. The lowest BCUT2D eigenvalue weighted by atomic mass is 9.97. The van der Waals surface area contributed by atoms with Gasteiger partial charge in [-0.3, -0.25) is 0 Å². The minimum Gasteiger partial charge on any atom is -0.330 e. The Balaban J connectivity index is 2.33. The molecular formula is C11H15NS. The second-order valence-corrected chi connectivity index (χ2v) is 4.42. The summed E-state index contributed by atoms with van der Waals surface area (Å²) in [5, 5.41) is 2.19. The number of fused-ring (bicyclic) bond motifs is 1. The largest absolute Gasteiger partial charge is 0.330 e. The summed E-state index contributed by atoms with van der Waals surface area (Å²) >= 11 is 1.85. The molecule has 0 bridgehead atoms. The molecule has 0 aliphatic heterocycles. The zero-order chi connectivity index (χ0) is 9.10. The second-order valence-electron chi connectivity index (χ2n) is 3.47. The number of thiophene rings is 1. The molecule has 2 rings (SSSR count). The summed E-state index contributed by atoms with van der Waals surface area (Å²) in [5.41, 5.74) is 7.27. The molecule has 0 unspecified atom stereocenters. The first-order valence-electron chi connectivity index (χ1n) is 4.85. The molecule has 1 heterocycles. The maximum atomic E-state index is 5.75. The third kappa shape index (κ3) is 1.84. The minimum absolute atomic E-state index is 0.468. The van der Waals surface area contributed by atoms with E-state index in [1.807, 2.05) is 11.3 Å². The number of rotatable bonds is 1. The van der Waals surface area contributed by atoms with Crippen LogP contribution in [0.5, 0.6) is 0 Å². The molecule has 70 valence electrons. The van der Waals surface area contributed by atoms with Gasteiger partial charge >= 0.3 is 0 Å². The highest BCUT2D eigenvalue weighted by molar-refractivity contribution is 7.10. The van der Waals surface area contributed by atoms with Crippen LogP contribution >= 0.6 is 11.3 Å². The fourth-order valence-corrected chi connectivity index (χ4v) is 2.87. The van der Waals surface area contributed by atoms with Gasteiger partial charge in [0, 0.05) is 17.3 Å². The van der Waals surface area contributed by atoms with Crippen molar-refractivity contribution in [3.05, 3.63) is 34.0 Å². The van der Waals surface area contributed by atoms with Gasteiger partial charge < -0.3 is 5.73 Å². The predicted octanol–water partition coefficient (Wildman–Crippen LogP) is 2.68. The quantitative estimate of drug-likeness (QED) is 0.682. The van der Waals surface area contributed by atoms with Crippen molar-refractivity contribution in [2.24, 2.45) is 5.73 Å². The van der Waals surface area contributed by atoms with Crippen LogP contribution in [0, 0.1) is 0 Å². The zero-order valence-electron chi connectivity index (χ0n) is 7.70. The van der Waals surface area contributed by atoms with E-state index in [1.165, 1.54) is 29.7 Å². The molecule has 2 N–H and O–H groups in total. The van der Waals surface area contributed by atoms with Crippen LogP contribution in [0.15, 0.2) is 23.6 Å². The van der Waals surface area contributed by atoms with E-state index in [0.717, 1.165) is 6.54 Å². The van der Waals surface area contributed by atoms with Gasteiger partial charge in [-0.2, -0.15) is 0 Å². The molecule has 1 aliphatic carbocycles. The van der Waals surface area contributed by atoms with Crippen LogP contribution in [0.4, 0.5) is 0 Å². The van der Waals surface area contributed by atoms with Crippen molar-refractivity contribution < 1.29 is 0 Å². The van der Waals surface area contributed by atoms with Gasteiger partial charge in [0.05, 0.1) is 0 Å². The summed E-state index contributed by atoms with van der Waals surface area (Å²) in [5.74, 6) is 0.468. The summed E-state index contributed by atoms with van der Waals surface area (Å²) in [6, 6.07) is 2.25. The summed E-state index contributed by atoms with van der Waals surface area (Å²) < 4.78 is 0. The summed E-state index contributed by atoms with van der Waals surface area (Å²) in [6.45, 7) is 0.740. The second kappa shape index (κ2) is 4.07. The SMILES string of the molecule is NC[C@H]1C=CCCCc2ccsc21. The van der Waals surface area contributed by atoms with Gasteiger partial charge in [-0.15, -0.1) is 11.3 Å². The Morgan fingerprint density at radius 1 is 1.54 bits per heavy atom. The normalized spacial score (nSPS) is 22.1. The molecular weight excluding hydrogens is 178 g/mol. The van der Waals surface area contributed by atoms with Gasteiger partial charge in [0.15, 0.2) is 0 Å². The third-order valence-corrected chi connectivity index (χ3v) is 3.65. The highest BCUT2D eigenvalue weighted by atomic mass is 32.1. The van der Waals surface area contributed by atoms with Crippen LogP contribution in [0.25, 0.3) is 0 Å². The van der Waals surface area contributed by atoms with E-state index in [4.69, 9.17) is 5.73 Å². The van der Waals surface area contributed by atoms with Crippen LogP contribution in [-0.2, 0) is 6.42 Å². The van der Waals surface area contributed by atoms with Gasteiger partial charge in [0.1, 0.15) is 0 Å². The maximum Gasteiger partial charge on any atom is 0.0238 e. The van der Waals surface area contributed by atoms with Gasteiger partial charge in [0.2, 0.25) is 0 Å². The molecule has 2 heteroatoms. The Labute approximate surface area is 83.3 Å². The number of nitrogens with two attached hydrogens (primary N) is 1. The lowest BCUT2D eigenvalue weighted by Gasteiger charge is -2.13. The van der Waals surface area contributed by atoms with Gasteiger partial charge in [0.25, 0.3) is 0 Å². The molecule has 1 atom stereocenters. The van der Waals surface area contributed by atoms with Crippen molar-refractivity contribution in [3.63, 3.8) is 0 Å². The van der Waals surface area contributed by atoms with Crippen molar-refractivity contribution >= 4 is 11.3 Å². The molecule has 13 heavy (non-hydrogen) atoms. The molecule has 1 aromatic rings. The monoisotopic (exact) mass is 193 g/mol. The van der Waals surface area contributed by atoms with Gasteiger partial charge in [-0.1, -0.05) is 12.2 Å². The average molecular weight is 193 g/mol. The van der Waals surface area contributed by atoms with E-state index in [0.29, 0.717) is 5.92 Å². The van der Waals surface area contributed by atoms with Crippen LogP contribution in [-0.4, -0.2) is 6.54 Å². The fraction of sp³-hybridized carbons (Fsp3) is 0.455. The first-order valence-corrected chi connectivity index (χ1v) is 5.73. The van der Waals surface area contributed by atoms with E-state index >= 15 is 0 Å². The Morgan fingerprint density at radius 2 is 2.46 bits per heavy atom. The highest BCUT2D eigenvalue weighted by Crippen LogP contribution is 2.29. The number of hydrogen-bond donors (Lipinski definition) is 1. The van der Waals surface area contributed by atoms with E-state index < -0.39 is 0 Å². The van der Waals surface area contributed by atoms with E-state index in [-0.39, 0.29) is 0 Å². The maximum absolute atomic E-state index is 5.75. The Bertz CT molecular complexity index is 301. The van der Waals surface area contributed by atoms with Crippen LogP contribution in [0.3, 0.4) is 0 Å². The lowest BCUT2D eigenvalue weighted by molar-refractivity contribution is 0.778. The number of allylic oxidation sites excluding steroid dienone is 1. The summed E-state index contributed by atoms with van der Waals surface area (Å²) in [4.78, 5) is 1.48. The zero-order valence-corrected chi connectivity index (χ0v) is 8.52. The average Bonchev–Trinajstić information content (AvgIpc) is 2.53. The first-order chi connectivity index (χ1) is 6.42. The molecule has 0 saturated heterocycles. The summed E-state index contributed by atoms with van der Waals surface area (Å²) in [7, 11) is 0. The summed E-state index contributed by atoms with van der Waals surface area (Å²) in [6.07, 6.45) is 8.25. The van der Waals surface area contributed by atoms with Crippen molar-refractivity contribution in [1.82, 2.24) is 0 Å². The Hall–Kier alpha value is -0.600. The predicted molar refractivity (Wildman–Crippen MR) is 58.2 cm³/mol. The van der Waals surface area contributed by atoms with Crippen molar-refractivity contribution in [2.45, 2.75) is 25.2 Å². The van der Waals surface area contributed by atoms with Crippen molar-refractivity contribution in [3.8, 4) is 0 Å². The van der Waals surface area contributed by atoms with Crippen molar-refractivity contribution in [1.29, 1.82) is 0 Å². The van der Waals surface area contributed by atoms with Crippen molar-refractivity contribution in [2.75, 3.05) is 6.54 Å². The lowest BCUT2D eigenvalue weighted by Crippen LogP contribution is -2.11. The Kier molecular flexibility index (Phi) is 2.81. The standard InChI is InChI=1S/C11H15NS/c12-8-10-5-3-1-2-4-9-6-7-13-11(9)10/h3,5-7,10H,1-2,4,8,12H2/t10-/m1/s1. The van der Waals surface area contributed by atoms with Crippen LogP contribution < -0.4 is 5.73 Å². The van der Waals surface area contributed by atoms with E-state index in [2.05, 4.69) is 23.6 Å². The smallest absolute Gasteiger partial charge is 0.0238 e. The molecule has 1 aromatic heterocycles. The topological polar surface area (TPSA) is 26.0 Å². The number of hydrogen-bond acceptors (Lipinski definition) is 2. The van der Waals surface area contributed by atoms with E-state index in [1.54, 1.807) is 0 Å². The fourth-order valence-electron chi connectivity index (χ4n) is 1.82. The van der Waals surface area contributed by atoms with Gasteiger partial charge in [-0.25, -0.2) is 0 Å². The molecule has 0 radical (unpaired) electrons. The van der Waals surface area contributed by atoms with Crippen LogP contribution in [0.2, 0.25) is 0 Å². The third-order valence-electron chi connectivity index (χ3n) is 2.56. The van der Waals surface area contributed by atoms with E-state index in [9.17, 15) is 0 Å². The first kappa shape index (κ1) is 8.97. The molecule has 1 aliphatic rings.